The molecule has 12 nitrogen and oxygen atoms in total. The van der Waals surface area contributed by atoms with E-state index in [2.05, 4.69) is 205 Å². The zero-order chi connectivity index (χ0) is 80.8. The first kappa shape index (κ1) is 92.5. The molecule has 0 saturated carbocycles. The molecule has 0 aliphatic rings. The Morgan fingerprint density at radius 2 is 0.375 bits per heavy atom. The summed E-state index contributed by atoms with van der Waals surface area (Å²) in [4.78, 5) is 0. The summed E-state index contributed by atoms with van der Waals surface area (Å²) >= 11 is 0. The van der Waals surface area contributed by atoms with Crippen molar-refractivity contribution in [3.63, 3.8) is 0 Å². The molecule has 0 aromatic heterocycles. The molecule has 0 aliphatic carbocycles. The van der Waals surface area contributed by atoms with Crippen molar-refractivity contribution in [1.29, 1.82) is 0 Å². The molecule has 6 rings (SSSR count). The smallest absolute Gasteiger partial charge is 0.127 e. The van der Waals surface area contributed by atoms with Crippen molar-refractivity contribution in [2.24, 2.45) is 35.5 Å². The Kier molecular flexibility index (Phi) is 43.6. The lowest BCUT2D eigenvalue weighted by Crippen LogP contribution is -2.12. The van der Waals surface area contributed by atoms with E-state index in [0.717, 1.165) is 230 Å². The normalized spacial score (nSPS) is 13.4. The summed E-state index contributed by atoms with van der Waals surface area (Å²) in [5.41, 5.74) is 8.76. The van der Waals surface area contributed by atoms with Crippen LogP contribution in [0.15, 0.2) is 84.9 Å². The second-order valence-electron chi connectivity index (χ2n) is 30.4. The van der Waals surface area contributed by atoms with Crippen molar-refractivity contribution in [2.75, 3.05) is 82.3 Å². The number of hydrogen-bond donors (Lipinski definition) is 0. The molecule has 0 aliphatic heterocycles. The van der Waals surface area contributed by atoms with Gasteiger partial charge in [-0.15, -0.1) is 0 Å². The van der Waals surface area contributed by atoms with Gasteiger partial charge in [0.25, 0.3) is 0 Å². The molecule has 0 N–H and O–H groups in total. The van der Waals surface area contributed by atoms with Gasteiger partial charge in [-0.2, -0.15) is 0 Å². The Hall–Kier alpha value is -8.38. The Labute approximate surface area is 678 Å². The Balaban J connectivity index is 1.46. The highest BCUT2D eigenvalue weighted by Gasteiger charge is 2.21. The quantitative estimate of drug-likeness (QED) is 0.0339. The van der Waals surface area contributed by atoms with E-state index in [0.29, 0.717) is 98.1 Å². The maximum absolute atomic E-state index is 7.02. The first-order valence-electron chi connectivity index (χ1n) is 43.1. The molecule has 0 saturated heterocycles. The molecule has 12 heteroatoms. The minimum atomic E-state index is 0.383. The summed E-state index contributed by atoms with van der Waals surface area (Å²) in [5.74, 6) is 11.6. The molecule has 0 fully saturated rings. The molecule has 0 bridgehead atoms. The van der Waals surface area contributed by atoms with Gasteiger partial charge in [0.1, 0.15) is 69.0 Å². The molecule has 6 aromatic rings. The third-order valence-corrected chi connectivity index (χ3v) is 22.2. The Morgan fingerprint density at radius 3 is 0.554 bits per heavy atom. The van der Waals surface area contributed by atoms with Crippen LogP contribution in [0.2, 0.25) is 0 Å². The lowest BCUT2D eigenvalue weighted by atomic mass is 10.00. The van der Waals surface area contributed by atoms with Gasteiger partial charge >= 0.3 is 0 Å². The van der Waals surface area contributed by atoms with E-state index in [1.807, 2.05) is 24.3 Å². The van der Waals surface area contributed by atoms with Crippen LogP contribution in [0.3, 0.4) is 0 Å². The first-order chi connectivity index (χ1) is 54.7. The predicted octanol–water partition coefficient (Wildman–Crippen LogP) is 28.2. The Bertz CT molecular complexity index is 3820. The van der Waals surface area contributed by atoms with Crippen LogP contribution in [0.4, 0.5) is 0 Å². The van der Waals surface area contributed by atoms with E-state index >= 15 is 0 Å². The molecule has 616 valence electrons. The second-order valence-corrected chi connectivity index (χ2v) is 30.4. The third kappa shape index (κ3) is 30.2. The van der Waals surface area contributed by atoms with Gasteiger partial charge in [0.05, 0.1) is 82.3 Å². The van der Waals surface area contributed by atoms with Gasteiger partial charge in [-0.05, 0) is 159 Å². The topological polar surface area (TPSA) is 111 Å². The minimum Gasteiger partial charge on any atom is -0.496 e. The maximum Gasteiger partial charge on any atom is 0.127 e. The van der Waals surface area contributed by atoms with Crippen molar-refractivity contribution >= 4 is 60.8 Å². The van der Waals surface area contributed by atoms with Crippen molar-refractivity contribution in [1.82, 2.24) is 0 Å². The molecule has 6 aromatic carbocycles. The van der Waals surface area contributed by atoms with Gasteiger partial charge in [0.15, 0.2) is 0 Å². The van der Waals surface area contributed by atoms with Crippen molar-refractivity contribution in [2.45, 2.75) is 237 Å². The monoisotopic (exact) mass is 1540 g/mol. The van der Waals surface area contributed by atoms with Crippen LogP contribution in [0.5, 0.6) is 69.0 Å². The highest BCUT2D eigenvalue weighted by atomic mass is 16.5. The molecular formula is C100H144O12. The van der Waals surface area contributed by atoms with Crippen LogP contribution in [-0.2, 0) is 0 Å². The van der Waals surface area contributed by atoms with Crippen LogP contribution in [-0.4, -0.2) is 82.3 Å². The molecular weight excluding hydrogens is 1390 g/mol. The number of ether oxygens (including phenoxy) is 12. The Morgan fingerprint density at radius 1 is 0.205 bits per heavy atom. The molecule has 0 radical (unpaired) electrons. The fourth-order valence-corrected chi connectivity index (χ4v) is 14.0. The van der Waals surface area contributed by atoms with Gasteiger partial charge in [0, 0.05) is 55.6 Å². The van der Waals surface area contributed by atoms with Gasteiger partial charge in [-0.3, -0.25) is 0 Å². The molecule has 0 spiro atoms. The van der Waals surface area contributed by atoms with Crippen LogP contribution < -0.4 is 56.8 Å². The lowest BCUT2D eigenvalue weighted by molar-refractivity contribution is 0.232. The van der Waals surface area contributed by atoms with Gasteiger partial charge in [-0.25, -0.2) is 0 Å². The average molecular weight is 1540 g/mol. The fourth-order valence-electron chi connectivity index (χ4n) is 14.0. The molecule has 0 heterocycles. The highest BCUT2D eigenvalue weighted by Crippen LogP contribution is 2.41. The average Bonchev–Trinajstić information content (AvgIpc) is 0.809. The molecule has 6 unspecified atom stereocenters. The molecule has 6 atom stereocenters. The minimum absolute atomic E-state index is 0.383. The van der Waals surface area contributed by atoms with Gasteiger partial charge in [0.2, 0.25) is 0 Å². The van der Waals surface area contributed by atoms with Crippen molar-refractivity contribution in [3.8, 4) is 69.0 Å². The SMILES string of the molecule is CCCCC(CC)COc1ccc(OC)c(/C=C/c2cc(OCC(CC)CCCC)c(/C=C/c3cc(OCC(CC)CCCC)c(/C=C/c4cc(OCC(CC)CCCC)c(/C=C/c5cc(OCC(CC)CCCC)c(/C=C/c6cc(OCC(CC)CCCC)ccc6OC)cc5OC)cc4OC)cc3OC)cc2OC)c1. The van der Waals surface area contributed by atoms with Gasteiger partial charge < -0.3 is 56.8 Å². The van der Waals surface area contributed by atoms with E-state index in [4.69, 9.17) is 56.8 Å². The van der Waals surface area contributed by atoms with Gasteiger partial charge in [-0.1, -0.05) is 259 Å². The zero-order valence-corrected chi connectivity index (χ0v) is 72.4. The number of rotatable bonds is 58. The van der Waals surface area contributed by atoms with Crippen molar-refractivity contribution in [3.05, 3.63) is 141 Å². The van der Waals surface area contributed by atoms with E-state index in [9.17, 15) is 0 Å². The summed E-state index contributed by atoms with van der Waals surface area (Å²) in [6.45, 7) is 30.7. The largest absolute Gasteiger partial charge is 0.496 e. The molecule has 112 heavy (non-hydrogen) atoms. The van der Waals surface area contributed by atoms with Crippen LogP contribution in [0.1, 0.15) is 293 Å². The van der Waals surface area contributed by atoms with Crippen LogP contribution in [0, 0.1) is 35.5 Å². The summed E-state index contributed by atoms with van der Waals surface area (Å²) in [7, 11) is 10.3. The summed E-state index contributed by atoms with van der Waals surface area (Å²) in [6.07, 6.45) is 47.8. The lowest BCUT2D eigenvalue weighted by Gasteiger charge is -2.19. The van der Waals surface area contributed by atoms with E-state index in [1.165, 1.54) is 25.7 Å². The number of benzene rings is 6. The number of hydrogen-bond acceptors (Lipinski definition) is 12. The number of unbranched alkanes of at least 4 members (excludes halogenated alkanes) is 6. The second kappa shape index (κ2) is 52.8. The standard InChI is InChI=1S/C100H144O12/c1-19-31-37-73(25-7)67-107-89-53-55-91(101-13)79(57-89)43-45-81-63-98(110-70-76(28-10)40-34-22-4)86(60-93(81)103-15)50-47-83-65-100(112-72-78(30-12)42-36-24-6)88(62-95(83)105-17)52-48-84-66-99(111-71-77(29-11)41-35-23-5)87(61-96(84)106-18)51-46-82-64-97(109-69-75(27-9)39-33-21-3)85(59-94(82)104-16)49-44-80-58-90(54-56-92(80)102-14)108-68-74(26-8)38-32-20-2/h43-66,73-78H,19-42,67-72H2,1-18H3/b45-43+,49-44+,50-47+,51-46+,52-48+. The van der Waals surface area contributed by atoms with Crippen LogP contribution in [0.25, 0.3) is 60.8 Å². The third-order valence-electron chi connectivity index (χ3n) is 22.2. The van der Waals surface area contributed by atoms with E-state index < -0.39 is 0 Å². The van der Waals surface area contributed by atoms with Crippen LogP contribution >= 0.6 is 0 Å². The molecule has 0 amide bonds. The maximum atomic E-state index is 7.02. The summed E-state index contributed by atoms with van der Waals surface area (Å²) in [6, 6.07) is 28.8. The predicted molar refractivity (Wildman–Crippen MR) is 475 cm³/mol. The first-order valence-corrected chi connectivity index (χ1v) is 43.1. The summed E-state index contributed by atoms with van der Waals surface area (Å²) < 4.78 is 77.7. The highest BCUT2D eigenvalue weighted by molar-refractivity contribution is 5.85. The fraction of sp³-hybridized carbons (Fsp3) is 0.540. The summed E-state index contributed by atoms with van der Waals surface area (Å²) in [5, 5.41) is 0. The zero-order valence-electron chi connectivity index (χ0n) is 72.4. The number of methoxy groups -OCH3 is 6. The van der Waals surface area contributed by atoms with E-state index in [1.54, 1.807) is 42.7 Å². The van der Waals surface area contributed by atoms with E-state index in [-0.39, 0.29) is 0 Å². The van der Waals surface area contributed by atoms with Crippen molar-refractivity contribution < 1.29 is 56.8 Å².